The maximum atomic E-state index is 13.4. The lowest BCUT2D eigenvalue weighted by molar-refractivity contribution is -0.384. The molecule has 1 atom stereocenters. The van der Waals surface area contributed by atoms with Crippen LogP contribution in [-0.4, -0.2) is 28.5 Å². The topological polar surface area (TPSA) is 88.4 Å². The number of amides is 1. The van der Waals surface area contributed by atoms with Gasteiger partial charge in [-0.25, -0.2) is 0 Å². The number of rotatable bonds is 6. The van der Waals surface area contributed by atoms with E-state index in [-0.39, 0.29) is 29.6 Å². The average Bonchev–Trinajstić information content (AvgIpc) is 3.14. The summed E-state index contributed by atoms with van der Waals surface area (Å²) >= 11 is 0. The molecule has 0 saturated carbocycles. The van der Waals surface area contributed by atoms with Crippen LogP contribution in [0.3, 0.4) is 0 Å². The molecule has 1 aromatic heterocycles. The van der Waals surface area contributed by atoms with Crippen molar-refractivity contribution in [2.75, 3.05) is 11.4 Å². The fourth-order valence-corrected chi connectivity index (χ4v) is 4.00. The highest BCUT2D eigenvalue weighted by Crippen LogP contribution is 2.33. The molecule has 3 rings (SSSR count). The largest absolute Gasteiger partial charge is 0.344 e. The van der Waals surface area contributed by atoms with Gasteiger partial charge in [0.05, 0.1) is 11.1 Å². The van der Waals surface area contributed by atoms with Crippen LogP contribution in [-0.2, 0) is 0 Å². The maximum Gasteiger partial charge on any atom is 0.295 e. The van der Waals surface area contributed by atoms with E-state index in [0.29, 0.717) is 12.2 Å². The minimum atomic E-state index is -0.404. The van der Waals surface area contributed by atoms with E-state index in [2.05, 4.69) is 38.0 Å². The summed E-state index contributed by atoms with van der Waals surface area (Å²) in [6, 6.07) is 7.41. The monoisotopic (exact) mass is 396 g/mol. The molecule has 1 fully saturated rings. The van der Waals surface area contributed by atoms with Gasteiger partial charge in [0.25, 0.3) is 11.6 Å². The maximum absolute atomic E-state index is 13.4. The van der Waals surface area contributed by atoms with E-state index in [1.165, 1.54) is 18.5 Å². The summed E-state index contributed by atoms with van der Waals surface area (Å²) in [7, 11) is 0. The van der Waals surface area contributed by atoms with Crippen LogP contribution in [0.1, 0.15) is 73.9 Å². The second-order valence-electron chi connectivity index (χ2n) is 8.07. The highest BCUT2D eigenvalue weighted by Gasteiger charge is 2.32. The van der Waals surface area contributed by atoms with Crippen LogP contribution in [0.2, 0.25) is 0 Å². The number of anilines is 1. The second kappa shape index (κ2) is 8.59. The van der Waals surface area contributed by atoms with Crippen LogP contribution in [0.4, 0.5) is 11.4 Å². The predicted molar refractivity (Wildman–Crippen MR) is 113 cm³/mol. The van der Waals surface area contributed by atoms with Gasteiger partial charge in [0.2, 0.25) is 0 Å². The Morgan fingerprint density at radius 2 is 1.86 bits per heavy atom. The van der Waals surface area contributed by atoms with Crippen LogP contribution in [0, 0.1) is 10.1 Å². The Morgan fingerprint density at radius 1 is 1.21 bits per heavy atom. The summed E-state index contributed by atoms with van der Waals surface area (Å²) in [5.41, 5.74) is 3.22. The van der Waals surface area contributed by atoms with Crippen LogP contribution >= 0.6 is 0 Å². The number of carbonyl (C=O) groups is 1. The normalized spacial score (nSPS) is 16.5. The van der Waals surface area contributed by atoms with Gasteiger partial charge in [-0.2, -0.15) is 0 Å². The number of pyridine rings is 1. The standard InChI is InChI=1S/C22H28N4O3/c1-14(2)16-7-5-8-17(15(3)4)21(16)22(27)24-20-9-6-12-25(20)19-13-23-11-10-18(19)26(28)29/h5,7-8,10-11,13-15,20H,6,9,12H2,1-4H3,(H,24,27). The van der Waals surface area contributed by atoms with Crippen molar-refractivity contribution >= 4 is 17.3 Å². The van der Waals surface area contributed by atoms with E-state index in [0.717, 1.165) is 29.5 Å². The van der Waals surface area contributed by atoms with Crippen molar-refractivity contribution in [3.05, 3.63) is 63.5 Å². The molecule has 7 heteroatoms. The zero-order chi connectivity index (χ0) is 21.1. The third kappa shape index (κ3) is 4.23. The Kier molecular flexibility index (Phi) is 6.15. The Bertz CT molecular complexity index is 884. The smallest absolute Gasteiger partial charge is 0.295 e. The fourth-order valence-electron chi connectivity index (χ4n) is 4.00. The van der Waals surface area contributed by atoms with Gasteiger partial charge in [-0.3, -0.25) is 19.9 Å². The Balaban J connectivity index is 1.93. The lowest BCUT2D eigenvalue weighted by Gasteiger charge is -2.28. The summed E-state index contributed by atoms with van der Waals surface area (Å²) in [6.07, 6.45) is 4.20. The third-order valence-electron chi connectivity index (χ3n) is 5.43. The first-order valence-electron chi connectivity index (χ1n) is 10.1. The Hall–Kier alpha value is -2.96. The van der Waals surface area contributed by atoms with E-state index in [1.807, 2.05) is 23.1 Å². The van der Waals surface area contributed by atoms with Gasteiger partial charge in [0, 0.05) is 24.4 Å². The molecule has 29 heavy (non-hydrogen) atoms. The van der Waals surface area contributed by atoms with E-state index in [9.17, 15) is 14.9 Å². The molecule has 1 aromatic carbocycles. The number of hydrogen-bond acceptors (Lipinski definition) is 5. The lowest BCUT2D eigenvalue weighted by atomic mass is 9.88. The molecule has 7 nitrogen and oxygen atoms in total. The molecule has 0 bridgehead atoms. The first-order valence-corrected chi connectivity index (χ1v) is 10.1. The summed E-state index contributed by atoms with van der Waals surface area (Å²) in [5, 5.41) is 14.6. The van der Waals surface area contributed by atoms with Gasteiger partial charge in [-0.1, -0.05) is 45.9 Å². The molecule has 1 aliphatic rings. The quantitative estimate of drug-likeness (QED) is 0.570. The molecule has 1 saturated heterocycles. The number of nitro groups is 1. The highest BCUT2D eigenvalue weighted by molar-refractivity contribution is 5.98. The van der Waals surface area contributed by atoms with Crippen LogP contribution in [0.25, 0.3) is 0 Å². The van der Waals surface area contributed by atoms with E-state index < -0.39 is 4.92 Å². The van der Waals surface area contributed by atoms with E-state index >= 15 is 0 Å². The molecule has 1 unspecified atom stereocenters. The first-order chi connectivity index (χ1) is 13.8. The number of benzene rings is 1. The fraction of sp³-hybridized carbons (Fsp3) is 0.455. The van der Waals surface area contributed by atoms with Gasteiger partial charge < -0.3 is 10.2 Å². The minimum Gasteiger partial charge on any atom is -0.344 e. The van der Waals surface area contributed by atoms with Gasteiger partial charge in [0.1, 0.15) is 11.9 Å². The van der Waals surface area contributed by atoms with Crippen molar-refractivity contribution in [3.63, 3.8) is 0 Å². The van der Waals surface area contributed by atoms with Crippen molar-refractivity contribution in [2.24, 2.45) is 0 Å². The summed E-state index contributed by atoms with van der Waals surface area (Å²) in [4.78, 5) is 30.3. The van der Waals surface area contributed by atoms with Crippen LogP contribution in [0.15, 0.2) is 36.7 Å². The average molecular weight is 396 g/mol. The van der Waals surface area contributed by atoms with Gasteiger partial charge >= 0.3 is 0 Å². The van der Waals surface area contributed by atoms with Crippen molar-refractivity contribution in [1.29, 1.82) is 0 Å². The molecular formula is C22H28N4O3. The summed E-state index contributed by atoms with van der Waals surface area (Å²) < 4.78 is 0. The first kappa shape index (κ1) is 20.8. The van der Waals surface area contributed by atoms with Crippen molar-refractivity contribution in [1.82, 2.24) is 10.3 Å². The van der Waals surface area contributed by atoms with Crippen molar-refractivity contribution in [2.45, 2.75) is 58.5 Å². The molecule has 0 aliphatic carbocycles. The minimum absolute atomic E-state index is 0.00611. The lowest BCUT2D eigenvalue weighted by Crippen LogP contribution is -2.45. The summed E-state index contributed by atoms with van der Waals surface area (Å²) in [5.74, 6) is 0.309. The zero-order valence-electron chi connectivity index (χ0n) is 17.4. The zero-order valence-corrected chi connectivity index (χ0v) is 17.4. The van der Waals surface area contributed by atoms with Gasteiger partial charge in [0.15, 0.2) is 0 Å². The van der Waals surface area contributed by atoms with Gasteiger partial charge in [-0.05, 0) is 35.8 Å². The van der Waals surface area contributed by atoms with Crippen LogP contribution < -0.4 is 10.2 Å². The molecule has 2 heterocycles. The van der Waals surface area contributed by atoms with Crippen LogP contribution in [0.5, 0.6) is 0 Å². The van der Waals surface area contributed by atoms with E-state index in [1.54, 1.807) is 0 Å². The van der Waals surface area contributed by atoms with Crippen molar-refractivity contribution in [3.8, 4) is 0 Å². The number of carbonyl (C=O) groups excluding carboxylic acids is 1. The van der Waals surface area contributed by atoms with Gasteiger partial charge in [-0.15, -0.1) is 0 Å². The molecular weight excluding hydrogens is 368 g/mol. The Labute approximate surface area is 171 Å². The number of aromatic nitrogens is 1. The number of hydrogen-bond donors (Lipinski definition) is 1. The second-order valence-corrected chi connectivity index (χ2v) is 8.07. The molecule has 1 aliphatic heterocycles. The van der Waals surface area contributed by atoms with Crippen molar-refractivity contribution < 1.29 is 9.72 Å². The third-order valence-corrected chi connectivity index (χ3v) is 5.43. The Morgan fingerprint density at radius 3 is 2.45 bits per heavy atom. The molecule has 1 amide bonds. The molecule has 0 radical (unpaired) electrons. The molecule has 2 aromatic rings. The SMILES string of the molecule is CC(C)c1cccc(C(C)C)c1C(=O)NC1CCCN1c1cnccc1[N+](=O)[O-]. The highest BCUT2D eigenvalue weighted by atomic mass is 16.6. The molecule has 1 N–H and O–H groups in total. The summed E-state index contributed by atoms with van der Waals surface area (Å²) in [6.45, 7) is 8.96. The molecule has 154 valence electrons. The molecule has 0 spiro atoms. The van der Waals surface area contributed by atoms with E-state index in [4.69, 9.17) is 0 Å². The predicted octanol–water partition coefficient (Wildman–Crippen LogP) is 4.59. The number of nitrogens with zero attached hydrogens (tertiary/aromatic N) is 3. The number of nitrogens with one attached hydrogen (secondary N) is 1.